The fraction of sp³-hybridized carbons (Fsp3) is 0.719. The highest BCUT2D eigenvalue weighted by molar-refractivity contribution is 5.70. The minimum absolute atomic E-state index is 0.0766. The lowest BCUT2D eigenvalue weighted by Crippen LogP contribution is -2.61. The van der Waals surface area contributed by atoms with Crippen molar-refractivity contribution in [3.05, 3.63) is 85.1 Å². The minimum atomic E-state index is -1.79. The first-order chi connectivity index (χ1) is 35.0. The van der Waals surface area contributed by atoms with Gasteiger partial charge in [0.05, 0.1) is 19.8 Å². The van der Waals surface area contributed by atoms with Gasteiger partial charge in [0.15, 0.2) is 18.7 Å². The zero-order valence-electron chi connectivity index (χ0n) is 43.6. The maximum Gasteiger partial charge on any atom is 0.306 e. The summed E-state index contributed by atoms with van der Waals surface area (Å²) in [6.07, 6.45) is 36.2. The van der Waals surface area contributed by atoms with Crippen LogP contribution in [-0.4, -0.2) is 142 Å². The smallest absolute Gasteiger partial charge is 0.306 e. The highest BCUT2D eigenvalue weighted by Gasteiger charge is 2.47. The van der Waals surface area contributed by atoms with E-state index < -0.39 is 99.3 Å². The molecule has 15 heteroatoms. The largest absolute Gasteiger partial charge is 0.462 e. The first kappa shape index (κ1) is 64.8. The van der Waals surface area contributed by atoms with E-state index in [-0.39, 0.29) is 19.4 Å². The molecule has 0 aromatic heterocycles. The van der Waals surface area contributed by atoms with Crippen molar-refractivity contribution in [1.29, 1.82) is 0 Å². The molecule has 0 aliphatic carbocycles. The van der Waals surface area contributed by atoms with Gasteiger partial charge in [0.2, 0.25) is 0 Å². The van der Waals surface area contributed by atoms with Crippen molar-refractivity contribution in [2.24, 2.45) is 0 Å². The van der Waals surface area contributed by atoms with Crippen LogP contribution < -0.4 is 0 Å². The topological polar surface area (TPSA) is 231 Å². The number of hydrogen-bond donors (Lipinski definition) is 7. The van der Waals surface area contributed by atoms with Gasteiger partial charge in [0.1, 0.15) is 55.4 Å². The molecule has 2 aliphatic rings. The summed E-state index contributed by atoms with van der Waals surface area (Å²) >= 11 is 0. The molecule has 0 radical (unpaired) electrons. The predicted octanol–water partition coefficient (Wildman–Crippen LogP) is 8.38. The van der Waals surface area contributed by atoms with Gasteiger partial charge >= 0.3 is 11.9 Å². The summed E-state index contributed by atoms with van der Waals surface area (Å²) in [6, 6.07) is 0. The summed E-state index contributed by atoms with van der Waals surface area (Å²) in [5, 5.41) is 72.1. The molecular weight excluding hydrogens is 925 g/mol. The third-order valence-electron chi connectivity index (χ3n) is 12.3. The molecular formula is C57H94O15. The molecule has 412 valence electrons. The Morgan fingerprint density at radius 2 is 0.847 bits per heavy atom. The molecule has 4 unspecified atom stereocenters. The van der Waals surface area contributed by atoms with E-state index in [1.54, 1.807) is 0 Å². The maximum atomic E-state index is 13.0. The number of allylic oxidation sites excluding steroid dienone is 14. The number of carbonyl (C=O) groups excluding carboxylic acids is 2. The van der Waals surface area contributed by atoms with E-state index >= 15 is 0 Å². The van der Waals surface area contributed by atoms with Crippen molar-refractivity contribution < 1.29 is 73.8 Å². The second-order valence-corrected chi connectivity index (χ2v) is 18.7. The van der Waals surface area contributed by atoms with Crippen molar-refractivity contribution in [1.82, 2.24) is 0 Å². The molecule has 2 fully saturated rings. The Labute approximate surface area is 431 Å². The van der Waals surface area contributed by atoms with Gasteiger partial charge in [-0.05, 0) is 89.9 Å². The molecule has 15 nitrogen and oxygen atoms in total. The first-order valence-electron chi connectivity index (χ1n) is 27.2. The average molecular weight is 1020 g/mol. The van der Waals surface area contributed by atoms with Crippen molar-refractivity contribution in [2.45, 2.75) is 235 Å². The first-order valence-corrected chi connectivity index (χ1v) is 27.2. The normalized spacial score (nSPS) is 25.7. The molecule has 7 N–H and O–H groups in total. The summed E-state index contributed by atoms with van der Waals surface area (Å²) in [6.45, 7) is 2.45. The van der Waals surface area contributed by atoms with Gasteiger partial charge in [-0.3, -0.25) is 9.59 Å². The molecule has 2 saturated heterocycles. The quantitative estimate of drug-likeness (QED) is 0.0173. The molecule has 2 rings (SSSR count). The number of aliphatic hydroxyl groups excluding tert-OH is 7. The molecule has 0 aromatic rings. The lowest BCUT2D eigenvalue weighted by Gasteiger charge is -2.42. The van der Waals surface area contributed by atoms with Crippen LogP contribution in [-0.2, 0) is 38.0 Å². The number of unbranched alkanes of at least 4 members (excludes halogenated alkanes) is 13. The summed E-state index contributed by atoms with van der Waals surface area (Å²) in [5.41, 5.74) is 0. The highest BCUT2D eigenvalue weighted by Crippen LogP contribution is 2.26. The van der Waals surface area contributed by atoms with Crippen LogP contribution in [0.1, 0.15) is 168 Å². The van der Waals surface area contributed by atoms with Gasteiger partial charge in [-0.15, -0.1) is 0 Å². The Bertz CT molecular complexity index is 1570. The zero-order chi connectivity index (χ0) is 52.4. The lowest BCUT2D eigenvalue weighted by atomic mass is 9.98. The Kier molecular flexibility index (Phi) is 38.7. The maximum absolute atomic E-state index is 13.0. The van der Waals surface area contributed by atoms with Gasteiger partial charge in [-0.1, -0.05) is 150 Å². The van der Waals surface area contributed by atoms with Crippen molar-refractivity contribution in [2.75, 3.05) is 26.4 Å². The molecule has 0 spiro atoms. The van der Waals surface area contributed by atoms with Crippen LogP contribution in [0.5, 0.6) is 0 Å². The number of esters is 2. The van der Waals surface area contributed by atoms with Crippen LogP contribution in [0, 0.1) is 0 Å². The standard InChI is InChI=1S/C57H94O15/c1-3-5-7-9-11-13-15-17-19-20-21-22-23-24-26-28-30-32-34-36-38-40-49(60)70-45(42-67-48(59)39-37-35-33-31-29-27-25-18-16-14-12-10-8-6-4-2)43-68-56-55(66)53(64)51(62)47(72-56)44-69-57-54(65)52(63)50(61)46(41-58)71-57/h12,14,18-20,22-23,25-26,28-29,31-32,34,45-47,50-58,61-66H,3-11,13,15-17,21,24,27,30,33,35-44H2,1-2H3/b14-12+,20-19+,23-22+,25-18+,28-26+,31-29+,34-32+/t45-,46+,47+,50-,51-,52?,53?,54?,55?,56+,57+/m1/s1. The third kappa shape index (κ3) is 30.1. The van der Waals surface area contributed by atoms with E-state index in [0.29, 0.717) is 19.3 Å². The SMILES string of the molecule is CCCCC/C=C/C/C=C/C/C=C/CCCCC(=O)OC[C@H](CO[C@H]1O[C@@H](CO[C@H]2O[C@@H](CO)[C@@H](O)C(O)C2O)[C@@H](O)C(O)C1O)OC(=O)CCC/C=C/C/C=C/C/C=C/C/C=C/CCCCCCCCC. The summed E-state index contributed by atoms with van der Waals surface area (Å²) in [5.74, 6) is -1.04. The number of ether oxygens (including phenoxy) is 6. The van der Waals surface area contributed by atoms with E-state index in [4.69, 9.17) is 28.4 Å². The highest BCUT2D eigenvalue weighted by atomic mass is 16.7. The zero-order valence-corrected chi connectivity index (χ0v) is 43.6. The molecule has 72 heavy (non-hydrogen) atoms. The van der Waals surface area contributed by atoms with Gasteiger partial charge < -0.3 is 64.2 Å². The van der Waals surface area contributed by atoms with Gasteiger partial charge in [0, 0.05) is 12.8 Å². The van der Waals surface area contributed by atoms with Gasteiger partial charge in [0.25, 0.3) is 0 Å². The van der Waals surface area contributed by atoms with Crippen LogP contribution in [0.2, 0.25) is 0 Å². The van der Waals surface area contributed by atoms with Gasteiger partial charge in [-0.25, -0.2) is 0 Å². The van der Waals surface area contributed by atoms with Crippen LogP contribution in [0.25, 0.3) is 0 Å². The number of carbonyl (C=O) groups is 2. The van der Waals surface area contributed by atoms with E-state index in [9.17, 15) is 45.3 Å². The van der Waals surface area contributed by atoms with Crippen molar-refractivity contribution >= 4 is 11.9 Å². The van der Waals surface area contributed by atoms with Gasteiger partial charge in [-0.2, -0.15) is 0 Å². The van der Waals surface area contributed by atoms with Crippen LogP contribution in [0.15, 0.2) is 85.1 Å². The lowest BCUT2D eigenvalue weighted by molar-refractivity contribution is -0.332. The fourth-order valence-corrected chi connectivity index (χ4v) is 7.86. The Morgan fingerprint density at radius 3 is 1.38 bits per heavy atom. The van der Waals surface area contributed by atoms with E-state index in [1.807, 2.05) is 12.2 Å². The van der Waals surface area contributed by atoms with Crippen LogP contribution in [0.4, 0.5) is 0 Å². The third-order valence-corrected chi connectivity index (χ3v) is 12.3. The number of aliphatic hydroxyl groups is 7. The Morgan fingerprint density at radius 1 is 0.444 bits per heavy atom. The van der Waals surface area contributed by atoms with Crippen LogP contribution >= 0.6 is 0 Å². The Balaban J connectivity index is 1.84. The summed E-state index contributed by atoms with van der Waals surface area (Å²) < 4.78 is 33.5. The van der Waals surface area contributed by atoms with Crippen molar-refractivity contribution in [3.63, 3.8) is 0 Å². The fourth-order valence-electron chi connectivity index (χ4n) is 7.86. The number of rotatable bonds is 41. The van der Waals surface area contributed by atoms with E-state index in [1.165, 1.54) is 64.2 Å². The number of hydrogen-bond acceptors (Lipinski definition) is 15. The van der Waals surface area contributed by atoms with Crippen molar-refractivity contribution in [3.8, 4) is 0 Å². The molecule has 0 amide bonds. The molecule has 0 aromatic carbocycles. The minimum Gasteiger partial charge on any atom is -0.462 e. The molecule has 0 bridgehead atoms. The van der Waals surface area contributed by atoms with E-state index in [2.05, 4.69) is 86.8 Å². The Hall–Kier alpha value is -3.32. The molecule has 0 saturated carbocycles. The second-order valence-electron chi connectivity index (χ2n) is 18.7. The monoisotopic (exact) mass is 1020 g/mol. The van der Waals surface area contributed by atoms with Crippen LogP contribution in [0.3, 0.4) is 0 Å². The average Bonchev–Trinajstić information content (AvgIpc) is 3.37. The van der Waals surface area contributed by atoms with E-state index in [0.717, 1.165) is 57.8 Å². The second kappa shape index (κ2) is 43.0. The predicted molar refractivity (Wildman–Crippen MR) is 279 cm³/mol. The molecule has 2 heterocycles. The molecule has 11 atom stereocenters. The summed E-state index contributed by atoms with van der Waals surface area (Å²) in [7, 11) is 0. The molecule has 2 aliphatic heterocycles. The summed E-state index contributed by atoms with van der Waals surface area (Å²) in [4.78, 5) is 25.8.